The fourth-order valence-corrected chi connectivity index (χ4v) is 7.87. The summed E-state index contributed by atoms with van der Waals surface area (Å²) in [5.74, 6) is 0.411. The van der Waals surface area contributed by atoms with Crippen LogP contribution < -0.4 is 10.6 Å². The zero-order valence-corrected chi connectivity index (χ0v) is 27.0. The Morgan fingerprint density at radius 2 is 1.82 bits per heavy atom. The number of piperidine rings is 2. The highest BCUT2D eigenvalue weighted by Gasteiger charge is 2.31. The number of hydrogen-bond donors (Lipinski definition) is 1. The van der Waals surface area contributed by atoms with Crippen LogP contribution in [-0.4, -0.2) is 95.4 Å². The van der Waals surface area contributed by atoms with Gasteiger partial charge in [0.15, 0.2) is 0 Å². The number of likely N-dealkylation sites (tertiary alicyclic amines) is 1. The predicted molar refractivity (Wildman–Crippen MR) is 175 cm³/mol. The predicted octanol–water partition coefficient (Wildman–Crippen LogP) is 4.05. The number of fused-ring (bicyclic) bond motifs is 2. The SMILES string of the molecule is Cc1c(-c2cc3ccc(N4CCC(N(C)S(C)(=O)=O)CC4)cc3n2CC2CC2)nn2cc(C(=O)N3C[C@H](N)C[C@@H](F)C3)ccc12. The van der Waals surface area contributed by atoms with Crippen molar-refractivity contribution in [3.8, 4) is 11.4 Å². The Hall–Kier alpha value is -3.48. The molecule has 1 amide bonds. The van der Waals surface area contributed by atoms with E-state index < -0.39 is 16.2 Å². The summed E-state index contributed by atoms with van der Waals surface area (Å²) >= 11 is 0. The zero-order chi connectivity index (χ0) is 31.6. The van der Waals surface area contributed by atoms with E-state index in [2.05, 4.69) is 40.7 Å². The summed E-state index contributed by atoms with van der Waals surface area (Å²) in [5, 5.41) is 6.15. The van der Waals surface area contributed by atoms with Gasteiger partial charge >= 0.3 is 0 Å². The number of halogens is 1. The number of hydrogen-bond acceptors (Lipinski definition) is 6. The third-order valence-corrected chi connectivity index (χ3v) is 11.3. The number of carbonyl (C=O) groups is 1. The average molecular weight is 636 g/mol. The number of sulfonamides is 1. The standard InChI is InChI=1S/C33H42FN7O3S/c1-21-29-9-7-24(33(42)39-19-25(34)15-26(35)20-39)18-41(29)36-32(21)31-14-23-6-8-28(16-30(23)40(31)17-22-4-5-22)38-12-10-27(11-13-38)37(2)45(3,43)44/h6-9,14,16,18,22,25-27H,4-5,10-13,15,17,19-20,35H2,1-3H3/t25-,26-/m1/s1. The maximum Gasteiger partial charge on any atom is 0.255 e. The van der Waals surface area contributed by atoms with Crippen LogP contribution >= 0.6 is 0 Å². The third kappa shape index (κ3) is 5.83. The lowest BCUT2D eigenvalue weighted by Crippen LogP contribution is -2.50. The average Bonchev–Trinajstić information content (AvgIpc) is 3.68. The minimum absolute atomic E-state index is 0.0252. The molecule has 7 rings (SSSR count). The van der Waals surface area contributed by atoms with E-state index in [1.165, 1.54) is 33.8 Å². The van der Waals surface area contributed by atoms with E-state index in [0.717, 1.165) is 66.0 Å². The van der Waals surface area contributed by atoms with Crippen LogP contribution in [0.3, 0.4) is 0 Å². The van der Waals surface area contributed by atoms with Crippen molar-refractivity contribution in [2.24, 2.45) is 11.7 Å². The van der Waals surface area contributed by atoms with Gasteiger partial charge in [-0.05, 0) is 75.3 Å². The molecule has 1 saturated carbocycles. The molecule has 3 fully saturated rings. The molecule has 10 nitrogen and oxygen atoms in total. The Morgan fingerprint density at radius 3 is 2.51 bits per heavy atom. The minimum Gasteiger partial charge on any atom is -0.371 e. The van der Waals surface area contributed by atoms with Crippen LogP contribution in [0.2, 0.25) is 0 Å². The van der Waals surface area contributed by atoms with Gasteiger partial charge in [0.05, 0.1) is 35.1 Å². The first-order valence-corrected chi connectivity index (χ1v) is 17.8. The lowest BCUT2D eigenvalue weighted by atomic mass is 10.0. The molecule has 2 atom stereocenters. The molecule has 0 spiro atoms. The van der Waals surface area contributed by atoms with Gasteiger partial charge in [-0.2, -0.15) is 5.10 Å². The van der Waals surface area contributed by atoms with E-state index in [-0.39, 0.29) is 31.0 Å². The second-order valence-corrected chi connectivity index (χ2v) is 15.4. The molecule has 3 aromatic heterocycles. The summed E-state index contributed by atoms with van der Waals surface area (Å²) in [6, 6.07) is 12.2. The smallest absolute Gasteiger partial charge is 0.255 e. The maximum absolute atomic E-state index is 14.2. The first kappa shape index (κ1) is 30.2. The number of aromatic nitrogens is 3. The quantitative estimate of drug-likeness (QED) is 0.328. The van der Waals surface area contributed by atoms with Crippen molar-refractivity contribution >= 4 is 38.0 Å². The monoisotopic (exact) mass is 635 g/mol. The third-order valence-electron chi connectivity index (χ3n) is 9.98. The largest absolute Gasteiger partial charge is 0.371 e. The van der Waals surface area contributed by atoms with Crippen molar-refractivity contribution in [3.05, 3.63) is 53.7 Å². The number of nitrogens with two attached hydrogens (primary N) is 1. The molecule has 1 aliphatic carbocycles. The van der Waals surface area contributed by atoms with Gasteiger partial charge in [0, 0.05) is 68.1 Å². The summed E-state index contributed by atoms with van der Waals surface area (Å²) in [5.41, 5.74) is 12.7. The van der Waals surface area contributed by atoms with Gasteiger partial charge in [0.2, 0.25) is 10.0 Å². The van der Waals surface area contributed by atoms with Gasteiger partial charge in [-0.25, -0.2) is 21.6 Å². The molecule has 1 aromatic carbocycles. The van der Waals surface area contributed by atoms with Crippen LogP contribution in [-0.2, 0) is 16.6 Å². The van der Waals surface area contributed by atoms with E-state index in [4.69, 9.17) is 10.8 Å². The molecule has 3 aliphatic rings. The van der Waals surface area contributed by atoms with Crippen LogP contribution in [0.5, 0.6) is 0 Å². The number of alkyl halides is 1. The number of anilines is 1. The van der Waals surface area contributed by atoms with E-state index in [9.17, 15) is 17.6 Å². The van der Waals surface area contributed by atoms with Crippen LogP contribution in [0.1, 0.15) is 48.0 Å². The van der Waals surface area contributed by atoms with Crippen LogP contribution in [0.4, 0.5) is 10.1 Å². The van der Waals surface area contributed by atoms with Crippen LogP contribution in [0, 0.1) is 12.8 Å². The second-order valence-electron chi connectivity index (χ2n) is 13.3. The fraction of sp³-hybridized carbons (Fsp3) is 0.515. The maximum atomic E-state index is 14.2. The molecule has 45 heavy (non-hydrogen) atoms. The van der Waals surface area contributed by atoms with E-state index in [1.807, 2.05) is 6.07 Å². The molecule has 4 aromatic rings. The van der Waals surface area contributed by atoms with Crippen LogP contribution in [0.25, 0.3) is 27.8 Å². The van der Waals surface area contributed by atoms with Gasteiger partial charge in [0.1, 0.15) is 11.9 Å². The Labute approximate surface area is 263 Å². The lowest BCUT2D eigenvalue weighted by molar-refractivity contribution is 0.0606. The molecule has 0 unspecified atom stereocenters. The molecule has 2 aliphatic heterocycles. The Bertz CT molecular complexity index is 1860. The van der Waals surface area contributed by atoms with Gasteiger partial charge < -0.3 is 20.1 Å². The van der Waals surface area contributed by atoms with Crippen LogP contribution in [0.15, 0.2) is 42.6 Å². The number of aryl methyl sites for hydroxylation is 1. The Balaban J connectivity index is 1.20. The van der Waals surface area contributed by atoms with E-state index in [1.54, 1.807) is 23.8 Å². The summed E-state index contributed by atoms with van der Waals surface area (Å²) in [6.45, 7) is 4.99. The number of amides is 1. The van der Waals surface area contributed by atoms with Gasteiger partial charge in [0.25, 0.3) is 5.91 Å². The number of rotatable bonds is 7. The summed E-state index contributed by atoms with van der Waals surface area (Å²) in [7, 11) is -1.53. The fourth-order valence-electron chi connectivity index (χ4n) is 7.12. The number of pyridine rings is 1. The molecule has 0 radical (unpaired) electrons. The molecular formula is C33H42FN7O3S. The van der Waals surface area contributed by atoms with Crippen molar-refractivity contribution in [1.29, 1.82) is 0 Å². The summed E-state index contributed by atoms with van der Waals surface area (Å²) < 4.78 is 44.0. The van der Waals surface area contributed by atoms with Crippen molar-refractivity contribution in [2.75, 3.05) is 44.4 Å². The topological polar surface area (TPSA) is 109 Å². The van der Waals surface area contributed by atoms with Crippen molar-refractivity contribution < 1.29 is 17.6 Å². The van der Waals surface area contributed by atoms with Crippen molar-refractivity contribution in [3.63, 3.8) is 0 Å². The minimum atomic E-state index is -3.21. The highest BCUT2D eigenvalue weighted by molar-refractivity contribution is 7.88. The molecule has 2 N–H and O–H groups in total. The molecule has 240 valence electrons. The van der Waals surface area contributed by atoms with Gasteiger partial charge in [-0.1, -0.05) is 6.07 Å². The zero-order valence-electron chi connectivity index (χ0n) is 26.2. The number of carbonyl (C=O) groups excluding carboxylic acids is 1. The second kappa shape index (κ2) is 11.4. The van der Waals surface area contributed by atoms with Crippen molar-refractivity contribution in [1.82, 2.24) is 23.4 Å². The molecule has 2 saturated heterocycles. The van der Waals surface area contributed by atoms with Gasteiger partial charge in [-0.15, -0.1) is 0 Å². The summed E-state index contributed by atoms with van der Waals surface area (Å²) in [6.07, 6.45) is 6.21. The highest BCUT2D eigenvalue weighted by atomic mass is 32.2. The van der Waals surface area contributed by atoms with Gasteiger partial charge in [-0.3, -0.25) is 4.79 Å². The molecule has 12 heteroatoms. The molecule has 5 heterocycles. The highest BCUT2D eigenvalue weighted by Crippen LogP contribution is 2.38. The first-order valence-electron chi connectivity index (χ1n) is 16.0. The van der Waals surface area contributed by atoms with E-state index >= 15 is 0 Å². The Kier molecular flexibility index (Phi) is 7.65. The molecule has 0 bridgehead atoms. The summed E-state index contributed by atoms with van der Waals surface area (Å²) in [4.78, 5) is 17.1. The Morgan fingerprint density at radius 1 is 1.07 bits per heavy atom. The number of benzene rings is 1. The van der Waals surface area contributed by atoms with Crippen molar-refractivity contribution in [2.45, 2.75) is 63.8 Å². The lowest BCUT2D eigenvalue weighted by Gasteiger charge is -2.37. The molecular weight excluding hydrogens is 593 g/mol. The van der Waals surface area contributed by atoms with E-state index in [0.29, 0.717) is 18.0 Å². The number of nitrogens with zero attached hydrogens (tertiary/aromatic N) is 6. The normalized spacial score (nSPS) is 21.8. The first-order chi connectivity index (χ1) is 21.5.